The molecule has 1 aliphatic heterocycles. The minimum absolute atomic E-state index is 0. The maximum Gasteiger partial charge on any atom is 0.193 e. The summed E-state index contributed by atoms with van der Waals surface area (Å²) in [6.45, 7) is 8.26. The van der Waals surface area contributed by atoms with E-state index in [2.05, 4.69) is 68.6 Å². The number of aryl methyl sites for hydroxylation is 1. The lowest BCUT2D eigenvalue weighted by atomic mass is 10.3. The van der Waals surface area contributed by atoms with Crippen LogP contribution >= 0.6 is 35.7 Å². The summed E-state index contributed by atoms with van der Waals surface area (Å²) < 4.78 is 2.27. The predicted octanol–water partition coefficient (Wildman–Crippen LogP) is 3.37. The van der Waals surface area contributed by atoms with Crippen molar-refractivity contribution in [2.45, 2.75) is 32.1 Å². The van der Waals surface area contributed by atoms with Crippen molar-refractivity contribution < 1.29 is 0 Å². The van der Waals surface area contributed by atoms with Crippen molar-refractivity contribution in [2.75, 3.05) is 32.4 Å². The second-order valence-electron chi connectivity index (χ2n) is 6.12. The molecule has 3 rings (SSSR count). The van der Waals surface area contributed by atoms with Gasteiger partial charge in [0, 0.05) is 44.2 Å². The van der Waals surface area contributed by atoms with Gasteiger partial charge in [0.25, 0.3) is 0 Å². The number of rotatable bonds is 4. The summed E-state index contributed by atoms with van der Waals surface area (Å²) in [5.41, 5.74) is 2.27. The van der Waals surface area contributed by atoms with E-state index in [0.29, 0.717) is 0 Å². The maximum atomic E-state index is 4.63. The van der Waals surface area contributed by atoms with E-state index in [4.69, 9.17) is 0 Å². The van der Waals surface area contributed by atoms with Gasteiger partial charge < -0.3 is 14.8 Å². The molecule has 7 heteroatoms. The van der Waals surface area contributed by atoms with Crippen LogP contribution < -0.4 is 5.32 Å². The number of hydrogen-bond donors (Lipinski definition) is 1. The zero-order chi connectivity index (χ0) is 16.9. The molecular weight excluding hydrogens is 445 g/mol. The first-order valence-electron chi connectivity index (χ1n) is 8.72. The Kier molecular flexibility index (Phi) is 7.86. The highest BCUT2D eigenvalue weighted by Gasteiger charge is 2.21. The van der Waals surface area contributed by atoms with Crippen LogP contribution in [0.15, 0.2) is 29.3 Å². The lowest BCUT2D eigenvalue weighted by Crippen LogP contribution is -2.48. The number of guanidine groups is 1. The van der Waals surface area contributed by atoms with Gasteiger partial charge in [0.1, 0.15) is 5.82 Å². The van der Waals surface area contributed by atoms with Crippen LogP contribution in [-0.2, 0) is 6.54 Å². The zero-order valence-corrected chi connectivity index (χ0v) is 18.4. The SMILES string of the molecule is CCC1CN(C(=NC)NCCn2c(C)nc3ccccc32)CCS1.I. The molecule has 2 heterocycles. The molecule has 0 bridgehead atoms. The molecule has 1 aromatic heterocycles. The van der Waals surface area contributed by atoms with Crippen molar-refractivity contribution in [3.8, 4) is 0 Å². The molecule has 1 atom stereocenters. The number of halogens is 1. The molecular formula is C18H28IN5S. The summed E-state index contributed by atoms with van der Waals surface area (Å²) >= 11 is 2.08. The third kappa shape index (κ3) is 4.81. The molecule has 0 amide bonds. The van der Waals surface area contributed by atoms with E-state index < -0.39 is 0 Å². The first kappa shape index (κ1) is 20.4. The Hall–Kier alpha value is -0.960. The van der Waals surface area contributed by atoms with Crippen LogP contribution in [0.3, 0.4) is 0 Å². The molecule has 25 heavy (non-hydrogen) atoms. The van der Waals surface area contributed by atoms with Crippen molar-refractivity contribution in [3.63, 3.8) is 0 Å². The Labute approximate surface area is 171 Å². The average Bonchev–Trinajstić information content (AvgIpc) is 2.94. The molecule has 0 saturated carbocycles. The summed E-state index contributed by atoms with van der Waals surface area (Å²) in [6, 6.07) is 8.32. The van der Waals surface area contributed by atoms with Crippen molar-refractivity contribution >= 4 is 52.7 Å². The van der Waals surface area contributed by atoms with Crippen LogP contribution in [0.25, 0.3) is 11.0 Å². The quantitative estimate of drug-likeness (QED) is 0.420. The fourth-order valence-corrected chi connectivity index (χ4v) is 4.43. The summed E-state index contributed by atoms with van der Waals surface area (Å²) in [4.78, 5) is 11.5. The molecule has 1 fully saturated rings. The normalized spacial score (nSPS) is 18.3. The highest BCUT2D eigenvalue weighted by atomic mass is 127. The predicted molar refractivity (Wildman–Crippen MR) is 119 cm³/mol. The van der Waals surface area contributed by atoms with Gasteiger partial charge in [-0.2, -0.15) is 11.8 Å². The summed E-state index contributed by atoms with van der Waals surface area (Å²) in [6.07, 6.45) is 1.22. The van der Waals surface area contributed by atoms with E-state index in [1.165, 1.54) is 17.7 Å². The first-order chi connectivity index (χ1) is 11.7. The van der Waals surface area contributed by atoms with Crippen molar-refractivity contribution in [3.05, 3.63) is 30.1 Å². The standard InChI is InChI=1S/C18H27N5S.HI/c1-4-15-13-22(11-12-24-15)18(19-3)20-9-10-23-14(2)21-16-7-5-6-8-17(16)23;/h5-8,15H,4,9-13H2,1-3H3,(H,19,20);1H. The third-order valence-electron chi connectivity index (χ3n) is 4.57. The number of nitrogens with zero attached hydrogens (tertiary/aromatic N) is 4. The van der Waals surface area contributed by atoms with Crippen LogP contribution in [0.5, 0.6) is 0 Å². The van der Waals surface area contributed by atoms with Gasteiger partial charge in [-0.05, 0) is 25.5 Å². The number of aromatic nitrogens is 2. The third-order valence-corrected chi connectivity index (χ3v) is 5.94. The molecule has 0 spiro atoms. The maximum absolute atomic E-state index is 4.63. The van der Waals surface area contributed by atoms with Crippen molar-refractivity contribution in [1.29, 1.82) is 0 Å². The number of thioether (sulfide) groups is 1. The van der Waals surface area contributed by atoms with Crippen LogP contribution in [-0.4, -0.2) is 58.1 Å². The van der Waals surface area contributed by atoms with Gasteiger partial charge in [-0.25, -0.2) is 4.98 Å². The molecule has 138 valence electrons. The largest absolute Gasteiger partial charge is 0.354 e. The number of hydrogen-bond acceptors (Lipinski definition) is 3. The molecule has 1 saturated heterocycles. The first-order valence-corrected chi connectivity index (χ1v) is 9.77. The van der Waals surface area contributed by atoms with Gasteiger partial charge in [0.2, 0.25) is 0 Å². The molecule has 1 aliphatic rings. The fraction of sp³-hybridized carbons (Fsp3) is 0.556. The Bertz CT molecular complexity index is 715. The van der Waals surface area contributed by atoms with Crippen LogP contribution in [0.2, 0.25) is 0 Å². The molecule has 0 radical (unpaired) electrons. The van der Waals surface area contributed by atoms with Gasteiger partial charge in [0.05, 0.1) is 11.0 Å². The van der Waals surface area contributed by atoms with Crippen molar-refractivity contribution in [1.82, 2.24) is 19.8 Å². The molecule has 1 unspecified atom stereocenters. The van der Waals surface area contributed by atoms with Gasteiger partial charge in [-0.3, -0.25) is 4.99 Å². The molecule has 0 aliphatic carbocycles. The molecule has 1 N–H and O–H groups in total. The second kappa shape index (κ2) is 9.66. The monoisotopic (exact) mass is 473 g/mol. The second-order valence-corrected chi connectivity index (χ2v) is 7.53. The minimum atomic E-state index is 0. The summed E-state index contributed by atoms with van der Waals surface area (Å²) in [5, 5.41) is 4.25. The van der Waals surface area contributed by atoms with E-state index in [1.807, 2.05) is 13.1 Å². The van der Waals surface area contributed by atoms with E-state index >= 15 is 0 Å². The van der Waals surface area contributed by atoms with Gasteiger partial charge in [-0.1, -0.05) is 19.1 Å². The van der Waals surface area contributed by atoms with E-state index in [1.54, 1.807) is 0 Å². The Balaban J connectivity index is 0.00000225. The molecule has 1 aromatic carbocycles. The molecule has 2 aromatic rings. The highest BCUT2D eigenvalue weighted by molar-refractivity contribution is 14.0. The van der Waals surface area contributed by atoms with Crippen molar-refractivity contribution in [2.24, 2.45) is 4.99 Å². The number of imidazole rings is 1. The molecule has 5 nitrogen and oxygen atoms in total. The minimum Gasteiger partial charge on any atom is -0.354 e. The lowest BCUT2D eigenvalue weighted by molar-refractivity contribution is 0.407. The Morgan fingerprint density at radius 2 is 2.20 bits per heavy atom. The number of aliphatic imine (C=N–C) groups is 1. The van der Waals surface area contributed by atoms with Gasteiger partial charge in [-0.15, -0.1) is 24.0 Å². The van der Waals surface area contributed by atoms with E-state index in [9.17, 15) is 0 Å². The summed E-state index contributed by atoms with van der Waals surface area (Å²) in [5.74, 6) is 3.27. The number of nitrogens with one attached hydrogen (secondary N) is 1. The van der Waals surface area contributed by atoms with Gasteiger partial charge >= 0.3 is 0 Å². The Morgan fingerprint density at radius 1 is 1.40 bits per heavy atom. The Morgan fingerprint density at radius 3 is 2.96 bits per heavy atom. The lowest BCUT2D eigenvalue weighted by Gasteiger charge is -2.34. The highest BCUT2D eigenvalue weighted by Crippen LogP contribution is 2.21. The van der Waals surface area contributed by atoms with E-state index in [-0.39, 0.29) is 24.0 Å². The zero-order valence-electron chi connectivity index (χ0n) is 15.2. The smallest absolute Gasteiger partial charge is 0.193 e. The topological polar surface area (TPSA) is 45.5 Å². The fourth-order valence-electron chi connectivity index (χ4n) is 3.25. The average molecular weight is 473 g/mol. The number of para-hydroxylation sites is 2. The van der Waals surface area contributed by atoms with Crippen LogP contribution in [0, 0.1) is 6.92 Å². The van der Waals surface area contributed by atoms with E-state index in [0.717, 1.165) is 48.7 Å². The number of benzene rings is 1. The summed E-state index contributed by atoms with van der Waals surface area (Å²) in [7, 11) is 1.88. The number of fused-ring (bicyclic) bond motifs is 1. The van der Waals surface area contributed by atoms with Crippen LogP contribution in [0.1, 0.15) is 19.2 Å². The van der Waals surface area contributed by atoms with Gasteiger partial charge in [0.15, 0.2) is 5.96 Å². The van der Waals surface area contributed by atoms with Crippen LogP contribution in [0.4, 0.5) is 0 Å².